The van der Waals surface area contributed by atoms with E-state index in [1.807, 2.05) is 11.7 Å². The highest BCUT2D eigenvalue weighted by atomic mass is 15.3. The van der Waals surface area contributed by atoms with Crippen LogP contribution in [0.1, 0.15) is 25.6 Å². The van der Waals surface area contributed by atoms with E-state index in [1.165, 1.54) is 12.8 Å². The first kappa shape index (κ1) is 9.65. The molecule has 1 aliphatic heterocycles. The Balaban J connectivity index is 1.89. The molecular weight excluding hydrogens is 176 g/mol. The Bertz CT molecular complexity index is 286. The minimum atomic E-state index is 0.592. The summed E-state index contributed by atoms with van der Waals surface area (Å²) in [6, 6.07) is 0.592. The largest absolute Gasteiger partial charge is 0.313 e. The Labute approximate surface area is 84.7 Å². The SMILES string of the molecule is CC1CCC(Cc2ncnn2C)NC1. The van der Waals surface area contributed by atoms with Crippen LogP contribution in [0.5, 0.6) is 0 Å². The summed E-state index contributed by atoms with van der Waals surface area (Å²) < 4.78 is 1.86. The fourth-order valence-corrected chi connectivity index (χ4v) is 1.96. The van der Waals surface area contributed by atoms with Crippen molar-refractivity contribution in [3.63, 3.8) is 0 Å². The third-order valence-electron chi connectivity index (χ3n) is 3.00. The molecule has 4 nitrogen and oxygen atoms in total. The molecule has 0 radical (unpaired) electrons. The molecule has 0 aliphatic carbocycles. The molecule has 1 saturated heterocycles. The predicted molar refractivity (Wildman–Crippen MR) is 54.9 cm³/mol. The summed E-state index contributed by atoms with van der Waals surface area (Å²) in [6.45, 7) is 3.44. The fraction of sp³-hybridized carbons (Fsp3) is 0.800. The average molecular weight is 194 g/mol. The molecule has 0 amide bonds. The first-order valence-electron chi connectivity index (χ1n) is 5.32. The van der Waals surface area contributed by atoms with Crippen LogP contribution in [0, 0.1) is 5.92 Å². The molecule has 78 valence electrons. The van der Waals surface area contributed by atoms with Crippen molar-refractivity contribution < 1.29 is 0 Å². The van der Waals surface area contributed by atoms with Crippen LogP contribution in [-0.4, -0.2) is 27.4 Å². The summed E-state index contributed by atoms with van der Waals surface area (Å²) in [5.41, 5.74) is 0. The van der Waals surface area contributed by atoms with Gasteiger partial charge in [-0.2, -0.15) is 5.10 Å². The number of hydrogen-bond acceptors (Lipinski definition) is 3. The van der Waals surface area contributed by atoms with Crippen LogP contribution in [0.25, 0.3) is 0 Å². The predicted octanol–water partition coefficient (Wildman–Crippen LogP) is 0.746. The van der Waals surface area contributed by atoms with E-state index in [1.54, 1.807) is 6.33 Å². The molecule has 2 unspecified atom stereocenters. The van der Waals surface area contributed by atoms with E-state index in [9.17, 15) is 0 Å². The second-order valence-electron chi connectivity index (χ2n) is 4.29. The summed E-state index contributed by atoms with van der Waals surface area (Å²) in [4.78, 5) is 4.24. The number of piperidine rings is 1. The standard InChI is InChI=1S/C10H18N4/c1-8-3-4-9(11-6-8)5-10-12-7-13-14(10)2/h7-9,11H,3-6H2,1-2H3. The van der Waals surface area contributed by atoms with Gasteiger partial charge in [0.2, 0.25) is 0 Å². The first-order chi connectivity index (χ1) is 6.75. The molecule has 0 bridgehead atoms. The van der Waals surface area contributed by atoms with E-state index in [0.717, 1.165) is 24.7 Å². The third-order valence-corrected chi connectivity index (χ3v) is 3.00. The van der Waals surface area contributed by atoms with Gasteiger partial charge in [-0.3, -0.25) is 4.68 Å². The van der Waals surface area contributed by atoms with Gasteiger partial charge >= 0.3 is 0 Å². The summed E-state index contributed by atoms with van der Waals surface area (Å²) in [5, 5.41) is 7.63. The molecule has 1 aromatic rings. The molecule has 0 spiro atoms. The maximum atomic E-state index is 4.24. The van der Waals surface area contributed by atoms with E-state index in [-0.39, 0.29) is 0 Å². The van der Waals surface area contributed by atoms with E-state index < -0.39 is 0 Å². The Kier molecular flexibility index (Phi) is 2.82. The topological polar surface area (TPSA) is 42.7 Å². The number of hydrogen-bond donors (Lipinski definition) is 1. The molecule has 1 N–H and O–H groups in total. The zero-order valence-electron chi connectivity index (χ0n) is 8.90. The van der Waals surface area contributed by atoms with Crippen LogP contribution >= 0.6 is 0 Å². The maximum Gasteiger partial charge on any atom is 0.138 e. The van der Waals surface area contributed by atoms with Gasteiger partial charge in [0, 0.05) is 19.5 Å². The lowest BCUT2D eigenvalue weighted by molar-refractivity contribution is 0.321. The molecule has 14 heavy (non-hydrogen) atoms. The fourth-order valence-electron chi connectivity index (χ4n) is 1.96. The lowest BCUT2D eigenvalue weighted by Gasteiger charge is -2.27. The summed E-state index contributed by atoms with van der Waals surface area (Å²) in [7, 11) is 1.95. The second kappa shape index (κ2) is 4.09. The Hall–Kier alpha value is -0.900. The van der Waals surface area contributed by atoms with Crippen LogP contribution < -0.4 is 5.32 Å². The highest BCUT2D eigenvalue weighted by Crippen LogP contribution is 2.15. The van der Waals surface area contributed by atoms with Gasteiger partial charge in [0.1, 0.15) is 12.2 Å². The van der Waals surface area contributed by atoms with Crippen molar-refractivity contribution in [1.82, 2.24) is 20.1 Å². The first-order valence-corrected chi connectivity index (χ1v) is 5.32. The van der Waals surface area contributed by atoms with Crippen LogP contribution in [0.2, 0.25) is 0 Å². The van der Waals surface area contributed by atoms with Crippen LogP contribution in [-0.2, 0) is 13.5 Å². The maximum absolute atomic E-state index is 4.24. The van der Waals surface area contributed by atoms with Crippen molar-refractivity contribution >= 4 is 0 Å². The number of rotatable bonds is 2. The van der Waals surface area contributed by atoms with Crippen molar-refractivity contribution in [2.75, 3.05) is 6.54 Å². The molecule has 4 heteroatoms. The quantitative estimate of drug-likeness (QED) is 0.755. The van der Waals surface area contributed by atoms with Crippen molar-refractivity contribution in [2.45, 2.75) is 32.2 Å². The normalized spacial score (nSPS) is 27.9. The summed E-state index contributed by atoms with van der Waals surface area (Å²) >= 11 is 0. The monoisotopic (exact) mass is 194 g/mol. The van der Waals surface area contributed by atoms with E-state index in [2.05, 4.69) is 22.3 Å². The van der Waals surface area contributed by atoms with Crippen LogP contribution in [0.15, 0.2) is 6.33 Å². The van der Waals surface area contributed by atoms with Gasteiger partial charge in [0.15, 0.2) is 0 Å². The van der Waals surface area contributed by atoms with E-state index in [0.29, 0.717) is 6.04 Å². The number of aryl methyl sites for hydroxylation is 1. The minimum Gasteiger partial charge on any atom is -0.313 e. The number of aromatic nitrogens is 3. The Morgan fingerprint density at radius 1 is 1.57 bits per heavy atom. The molecule has 2 rings (SSSR count). The molecule has 1 aliphatic rings. The lowest BCUT2D eigenvalue weighted by Crippen LogP contribution is -2.39. The van der Waals surface area contributed by atoms with Gasteiger partial charge in [-0.1, -0.05) is 6.92 Å². The third kappa shape index (κ3) is 2.12. The van der Waals surface area contributed by atoms with E-state index in [4.69, 9.17) is 0 Å². The Morgan fingerprint density at radius 3 is 3.00 bits per heavy atom. The number of nitrogens with one attached hydrogen (secondary N) is 1. The minimum absolute atomic E-state index is 0.592. The average Bonchev–Trinajstić information content (AvgIpc) is 2.56. The van der Waals surface area contributed by atoms with Crippen molar-refractivity contribution in [3.05, 3.63) is 12.2 Å². The molecular formula is C10H18N4. The number of nitrogens with zero attached hydrogens (tertiary/aromatic N) is 3. The van der Waals surface area contributed by atoms with Gasteiger partial charge in [-0.15, -0.1) is 0 Å². The summed E-state index contributed by atoms with van der Waals surface area (Å²) in [6.07, 6.45) is 5.22. The second-order valence-corrected chi connectivity index (χ2v) is 4.29. The van der Waals surface area contributed by atoms with Crippen molar-refractivity contribution in [1.29, 1.82) is 0 Å². The van der Waals surface area contributed by atoms with Gasteiger partial charge < -0.3 is 5.32 Å². The zero-order valence-corrected chi connectivity index (χ0v) is 8.90. The summed E-state index contributed by atoms with van der Waals surface area (Å²) in [5.74, 6) is 1.91. The van der Waals surface area contributed by atoms with Gasteiger partial charge in [0.05, 0.1) is 0 Å². The molecule has 1 aromatic heterocycles. The van der Waals surface area contributed by atoms with Crippen LogP contribution in [0.3, 0.4) is 0 Å². The van der Waals surface area contributed by atoms with E-state index >= 15 is 0 Å². The molecule has 2 heterocycles. The molecule has 0 aromatic carbocycles. The van der Waals surface area contributed by atoms with Crippen LogP contribution in [0.4, 0.5) is 0 Å². The van der Waals surface area contributed by atoms with Gasteiger partial charge in [0.25, 0.3) is 0 Å². The molecule has 0 saturated carbocycles. The smallest absolute Gasteiger partial charge is 0.138 e. The highest BCUT2D eigenvalue weighted by Gasteiger charge is 2.18. The van der Waals surface area contributed by atoms with Crippen molar-refractivity contribution in [2.24, 2.45) is 13.0 Å². The van der Waals surface area contributed by atoms with Gasteiger partial charge in [-0.25, -0.2) is 4.98 Å². The highest BCUT2D eigenvalue weighted by molar-refractivity contribution is 4.90. The molecule has 2 atom stereocenters. The molecule has 1 fully saturated rings. The Morgan fingerprint density at radius 2 is 2.43 bits per heavy atom. The van der Waals surface area contributed by atoms with Gasteiger partial charge in [-0.05, 0) is 25.3 Å². The van der Waals surface area contributed by atoms with Crippen molar-refractivity contribution in [3.8, 4) is 0 Å². The zero-order chi connectivity index (χ0) is 9.97. The lowest BCUT2D eigenvalue weighted by atomic mass is 9.94.